The molecular formula is C23H25N3O3S. The molecule has 30 heavy (non-hydrogen) atoms. The highest BCUT2D eigenvalue weighted by Gasteiger charge is 2.17. The van der Waals surface area contributed by atoms with Crippen LogP contribution >= 0.6 is 0 Å². The Hall–Kier alpha value is -3.19. The number of nitrogens with zero attached hydrogens (tertiary/aromatic N) is 1. The smallest absolute Gasteiger partial charge is 0.307 e. The zero-order valence-corrected chi connectivity index (χ0v) is 17.8. The molecule has 0 fully saturated rings. The highest BCUT2D eigenvalue weighted by Crippen LogP contribution is 2.15. The number of sulfonamides is 1. The normalized spacial score (nSPS) is 11.3. The molecule has 3 aromatic rings. The third-order valence-electron chi connectivity index (χ3n) is 4.68. The van der Waals surface area contributed by atoms with Gasteiger partial charge < -0.3 is 5.32 Å². The van der Waals surface area contributed by atoms with E-state index in [0.29, 0.717) is 11.6 Å². The first-order valence-electron chi connectivity index (χ1n) is 9.76. The van der Waals surface area contributed by atoms with E-state index in [9.17, 15) is 13.2 Å². The molecule has 0 bridgehead atoms. The molecule has 2 aromatic carbocycles. The number of aryl methyl sites for hydroxylation is 2. The summed E-state index contributed by atoms with van der Waals surface area (Å²) in [7, 11) is -3.90. The van der Waals surface area contributed by atoms with Crippen LogP contribution in [0.5, 0.6) is 0 Å². The third-order valence-corrected chi connectivity index (χ3v) is 6.02. The number of benzene rings is 2. The van der Waals surface area contributed by atoms with Crippen LogP contribution in [0.2, 0.25) is 0 Å². The predicted molar refractivity (Wildman–Crippen MR) is 118 cm³/mol. The molecule has 2 amide bonds. The Bertz CT molecular complexity index is 1080. The quantitative estimate of drug-likeness (QED) is 0.586. The van der Waals surface area contributed by atoms with Gasteiger partial charge in [0.15, 0.2) is 0 Å². The minimum absolute atomic E-state index is 0.0329. The summed E-state index contributed by atoms with van der Waals surface area (Å²) in [5.74, 6) is 0.464. The van der Waals surface area contributed by atoms with E-state index in [2.05, 4.69) is 36.3 Å². The lowest BCUT2D eigenvalue weighted by molar-refractivity contribution is 0.256. The topological polar surface area (TPSA) is 88.2 Å². The van der Waals surface area contributed by atoms with Crippen molar-refractivity contribution >= 4 is 21.7 Å². The van der Waals surface area contributed by atoms with Crippen molar-refractivity contribution in [3.63, 3.8) is 0 Å². The lowest BCUT2D eigenvalue weighted by Crippen LogP contribution is -2.34. The van der Waals surface area contributed by atoms with Crippen molar-refractivity contribution in [1.29, 1.82) is 0 Å². The van der Waals surface area contributed by atoms with Gasteiger partial charge in [-0.3, -0.25) is 4.98 Å². The molecule has 0 saturated carbocycles. The Morgan fingerprint density at radius 1 is 0.933 bits per heavy atom. The summed E-state index contributed by atoms with van der Waals surface area (Å²) in [5, 5.41) is 2.54. The van der Waals surface area contributed by atoms with Crippen molar-refractivity contribution in [2.24, 2.45) is 0 Å². The van der Waals surface area contributed by atoms with Gasteiger partial charge >= 0.3 is 6.03 Å². The van der Waals surface area contributed by atoms with Crippen molar-refractivity contribution in [3.05, 3.63) is 89.7 Å². The number of amides is 2. The summed E-state index contributed by atoms with van der Waals surface area (Å²) < 4.78 is 26.4. The number of urea groups is 1. The molecule has 156 valence electrons. The van der Waals surface area contributed by atoms with E-state index in [1.54, 1.807) is 30.3 Å². The number of pyridine rings is 1. The number of carbonyl (C=O) groups is 1. The minimum Gasteiger partial charge on any atom is -0.307 e. The number of anilines is 1. The summed E-state index contributed by atoms with van der Waals surface area (Å²) >= 11 is 0. The van der Waals surface area contributed by atoms with Crippen LogP contribution in [0.3, 0.4) is 0 Å². The molecule has 0 radical (unpaired) electrons. The van der Waals surface area contributed by atoms with E-state index in [0.717, 1.165) is 24.1 Å². The second-order valence-electron chi connectivity index (χ2n) is 7.31. The number of hydrogen-bond donors (Lipinski definition) is 2. The van der Waals surface area contributed by atoms with E-state index in [-0.39, 0.29) is 4.90 Å². The van der Waals surface area contributed by atoms with Gasteiger partial charge in [-0.2, -0.15) is 0 Å². The van der Waals surface area contributed by atoms with Crippen molar-refractivity contribution in [3.8, 4) is 0 Å². The van der Waals surface area contributed by atoms with Crippen LogP contribution in [-0.2, 0) is 22.9 Å². The zero-order chi connectivity index (χ0) is 21.6. The van der Waals surface area contributed by atoms with Gasteiger partial charge in [0.05, 0.1) is 4.90 Å². The van der Waals surface area contributed by atoms with Gasteiger partial charge in [-0.25, -0.2) is 17.9 Å². The van der Waals surface area contributed by atoms with Crippen LogP contribution in [0.1, 0.15) is 36.6 Å². The molecular weight excluding hydrogens is 398 g/mol. The van der Waals surface area contributed by atoms with E-state index in [1.165, 1.54) is 17.7 Å². The lowest BCUT2D eigenvalue weighted by atomic mass is 10.0. The lowest BCUT2D eigenvalue weighted by Gasteiger charge is -2.09. The summed E-state index contributed by atoms with van der Waals surface area (Å²) in [4.78, 5) is 16.6. The molecule has 7 heteroatoms. The van der Waals surface area contributed by atoms with Crippen LogP contribution in [-0.4, -0.2) is 19.4 Å². The Labute approximate surface area is 177 Å². The van der Waals surface area contributed by atoms with Crippen LogP contribution in [0, 0.1) is 0 Å². The van der Waals surface area contributed by atoms with E-state index < -0.39 is 16.1 Å². The summed E-state index contributed by atoms with van der Waals surface area (Å²) in [6.45, 7) is 4.28. The highest BCUT2D eigenvalue weighted by molar-refractivity contribution is 7.90. The van der Waals surface area contributed by atoms with Gasteiger partial charge in [0.1, 0.15) is 0 Å². The van der Waals surface area contributed by atoms with Gasteiger partial charge in [-0.05, 0) is 60.2 Å². The fourth-order valence-electron chi connectivity index (χ4n) is 2.89. The molecule has 6 nitrogen and oxygen atoms in total. The Morgan fingerprint density at radius 3 is 2.23 bits per heavy atom. The fourth-order valence-corrected chi connectivity index (χ4v) is 3.82. The standard InChI is InChI=1S/C23H25N3O3S/c1-17(2)19-11-15-20(24-16-19)12-8-18-9-13-21(14-10-18)25-23(27)26-30(28,29)22-6-4-3-5-7-22/h3-7,9-11,13-17H,8,12H2,1-2H3,(H2,25,26,27). The SMILES string of the molecule is CC(C)c1ccc(CCc2ccc(NC(=O)NS(=O)(=O)c3ccccc3)cc2)nc1. The highest BCUT2D eigenvalue weighted by atomic mass is 32.2. The molecule has 0 spiro atoms. The molecule has 1 aromatic heterocycles. The molecule has 0 atom stereocenters. The first kappa shape index (κ1) is 21.5. The molecule has 3 rings (SSSR count). The first-order valence-corrected chi connectivity index (χ1v) is 11.2. The molecule has 2 N–H and O–H groups in total. The number of hydrogen-bond acceptors (Lipinski definition) is 4. The van der Waals surface area contributed by atoms with Crippen molar-refractivity contribution in [2.75, 3.05) is 5.32 Å². The maximum absolute atomic E-state index is 12.2. The Kier molecular flexibility index (Phi) is 6.84. The molecule has 0 aliphatic heterocycles. The first-order chi connectivity index (χ1) is 14.3. The number of nitrogens with one attached hydrogen (secondary N) is 2. The second-order valence-corrected chi connectivity index (χ2v) is 8.99. The maximum atomic E-state index is 12.2. The number of carbonyl (C=O) groups excluding carboxylic acids is 1. The zero-order valence-electron chi connectivity index (χ0n) is 17.0. The largest absolute Gasteiger partial charge is 0.333 e. The Balaban J connectivity index is 1.53. The average Bonchev–Trinajstić information content (AvgIpc) is 2.74. The third kappa shape index (κ3) is 5.90. The van der Waals surface area contributed by atoms with Gasteiger partial charge in [-0.1, -0.05) is 50.2 Å². The Morgan fingerprint density at radius 2 is 1.63 bits per heavy atom. The maximum Gasteiger partial charge on any atom is 0.333 e. The molecule has 0 saturated heterocycles. The summed E-state index contributed by atoms with van der Waals surface area (Å²) in [6.07, 6.45) is 3.57. The van der Waals surface area contributed by atoms with Crippen LogP contribution in [0.4, 0.5) is 10.5 Å². The van der Waals surface area contributed by atoms with Crippen molar-refractivity contribution < 1.29 is 13.2 Å². The van der Waals surface area contributed by atoms with E-state index in [1.807, 2.05) is 23.1 Å². The van der Waals surface area contributed by atoms with Crippen LogP contribution < -0.4 is 10.0 Å². The van der Waals surface area contributed by atoms with Crippen LogP contribution in [0.25, 0.3) is 0 Å². The minimum atomic E-state index is -3.90. The molecule has 1 heterocycles. The summed E-state index contributed by atoms with van der Waals surface area (Å²) in [6, 6.07) is 18.4. The molecule has 0 aliphatic carbocycles. The van der Waals surface area contributed by atoms with E-state index >= 15 is 0 Å². The van der Waals surface area contributed by atoms with Crippen molar-refractivity contribution in [1.82, 2.24) is 9.71 Å². The van der Waals surface area contributed by atoms with E-state index in [4.69, 9.17) is 0 Å². The number of aromatic nitrogens is 1. The molecule has 0 unspecified atom stereocenters. The van der Waals surface area contributed by atoms with Gasteiger partial charge in [0.2, 0.25) is 0 Å². The fraction of sp³-hybridized carbons (Fsp3) is 0.217. The average molecular weight is 424 g/mol. The predicted octanol–water partition coefficient (Wildman–Crippen LogP) is 4.50. The van der Waals surface area contributed by atoms with Crippen molar-refractivity contribution in [2.45, 2.75) is 37.5 Å². The second kappa shape index (κ2) is 9.54. The van der Waals surface area contributed by atoms with Gasteiger partial charge in [-0.15, -0.1) is 0 Å². The summed E-state index contributed by atoms with van der Waals surface area (Å²) in [5.41, 5.74) is 3.88. The monoisotopic (exact) mass is 423 g/mol. The van der Waals surface area contributed by atoms with Gasteiger partial charge in [0.25, 0.3) is 10.0 Å². The molecule has 0 aliphatic rings. The van der Waals surface area contributed by atoms with Crippen LogP contribution in [0.15, 0.2) is 77.8 Å². The number of rotatable bonds is 7. The van der Waals surface area contributed by atoms with Gasteiger partial charge in [0, 0.05) is 17.6 Å².